The second kappa shape index (κ2) is 7.87. The molecule has 0 spiro atoms. The van der Waals surface area contributed by atoms with Crippen LogP contribution in [-0.4, -0.2) is 52.7 Å². The van der Waals surface area contributed by atoms with E-state index in [9.17, 15) is 19.5 Å². The standard InChI is InChI=1S/C21H24N2O5S/c1-13-11-22(20(27)28-21(2,3)4)12-17(24)23(13)15-10-16(29-18(15)19(25)26)14-8-6-5-7-9-14/h5-10,13H,11-12H2,1-4H3,(H,25,26)/t13-/m1/s1. The summed E-state index contributed by atoms with van der Waals surface area (Å²) in [5, 5.41) is 9.68. The van der Waals surface area contributed by atoms with E-state index in [0.717, 1.165) is 21.8 Å². The maximum Gasteiger partial charge on any atom is 0.410 e. The zero-order valence-electron chi connectivity index (χ0n) is 16.8. The number of carboxylic acid groups (broad SMARTS) is 1. The highest BCUT2D eigenvalue weighted by Gasteiger charge is 2.37. The molecule has 2 heterocycles. The van der Waals surface area contributed by atoms with Gasteiger partial charge in [0.25, 0.3) is 0 Å². The molecule has 2 aromatic rings. The van der Waals surface area contributed by atoms with Crippen molar-refractivity contribution in [2.24, 2.45) is 0 Å². The summed E-state index contributed by atoms with van der Waals surface area (Å²) in [4.78, 5) is 40.8. The number of nitrogens with zero attached hydrogens (tertiary/aromatic N) is 2. The minimum atomic E-state index is -1.08. The summed E-state index contributed by atoms with van der Waals surface area (Å²) >= 11 is 1.13. The number of benzene rings is 1. The summed E-state index contributed by atoms with van der Waals surface area (Å²) in [6.45, 7) is 7.19. The van der Waals surface area contributed by atoms with E-state index in [0.29, 0.717) is 5.69 Å². The van der Waals surface area contributed by atoms with E-state index in [2.05, 4.69) is 0 Å². The molecule has 29 heavy (non-hydrogen) atoms. The lowest BCUT2D eigenvalue weighted by Gasteiger charge is -2.39. The van der Waals surface area contributed by atoms with E-state index in [1.165, 1.54) is 9.80 Å². The Morgan fingerprint density at radius 2 is 1.86 bits per heavy atom. The van der Waals surface area contributed by atoms with Gasteiger partial charge in [0.1, 0.15) is 17.0 Å². The second-order valence-electron chi connectivity index (χ2n) is 7.97. The van der Waals surface area contributed by atoms with Crippen molar-refractivity contribution in [2.45, 2.75) is 39.3 Å². The number of amides is 2. The second-order valence-corrected chi connectivity index (χ2v) is 9.02. The van der Waals surface area contributed by atoms with E-state index < -0.39 is 17.7 Å². The monoisotopic (exact) mass is 416 g/mol. The number of carbonyl (C=O) groups is 3. The Kier molecular flexibility index (Phi) is 5.66. The Bertz CT molecular complexity index is 932. The van der Waals surface area contributed by atoms with Crippen LogP contribution >= 0.6 is 11.3 Å². The first-order valence-corrected chi connectivity index (χ1v) is 10.1. The fraction of sp³-hybridized carbons (Fsp3) is 0.381. The smallest absolute Gasteiger partial charge is 0.410 e. The quantitative estimate of drug-likeness (QED) is 0.814. The van der Waals surface area contributed by atoms with E-state index in [4.69, 9.17) is 4.74 Å². The Morgan fingerprint density at radius 3 is 2.41 bits per heavy atom. The molecule has 1 saturated heterocycles. The van der Waals surface area contributed by atoms with Gasteiger partial charge in [-0.25, -0.2) is 9.59 Å². The number of carbonyl (C=O) groups excluding carboxylic acids is 2. The first-order chi connectivity index (χ1) is 13.6. The highest BCUT2D eigenvalue weighted by atomic mass is 32.1. The summed E-state index contributed by atoms with van der Waals surface area (Å²) in [5.41, 5.74) is 0.594. The lowest BCUT2D eigenvalue weighted by molar-refractivity contribution is -0.122. The van der Waals surface area contributed by atoms with Crippen LogP contribution in [0.15, 0.2) is 36.4 Å². The highest BCUT2D eigenvalue weighted by molar-refractivity contribution is 7.18. The number of ether oxygens (including phenoxy) is 1. The van der Waals surface area contributed by atoms with Crippen LogP contribution in [0.25, 0.3) is 10.4 Å². The van der Waals surface area contributed by atoms with Gasteiger partial charge < -0.3 is 14.7 Å². The number of piperazine rings is 1. The summed E-state index contributed by atoms with van der Waals surface area (Å²) in [7, 11) is 0. The molecule has 8 heteroatoms. The van der Waals surface area contributed by atoms with Crippen molar-refractivity contribution < 1.29 is 24.2 Å². The van der Waals surface area contributed by atoms with Crippen molar-refractivity contribution in [3.8, 4) is 10.4 Å². The van der Waals surface area contributed by atoms with Crippen LogP contribution in [0.1, 0.15) is 37.4 Å². The predicted octanol–water partition coefficient (Wildman–Crippen LogP) is 4.09. The number of anilines is 1. The molecule has 0 unspecified atom stereocenters. The van der Waals surface area contributed by atoms with E-state index >= 15 is 0 Å². The molecule has 1 atom stereocenters. The van der Waals surface area contributed by atoms with Gasteiger partial charge in [0, 0.05) is 11.4 Å². The van der Waals surface area contributed by atoms with Crippen LogP contribution in [0.5, 0.6) is 0 Å². The average Bonchev–Trinajstić information content (AvgIpc) is 3.05. The van der Waals surface area contributed by atoms with E-state index in [-0.39, 0.29) is 29.9 Å². The third kappa shape index (κ3) is 4.59. The van der Waals surface area contributed by atoms with Gasteiger partial charge in [0.05, 0.1) is 11.7 Å². The maximum atomic E-state index is 12.9. The van der Waals surface area contributed by atoms with Gasteiger partial charge >= 0.3 is 12.1 Å². The van der Waals surface area contributed by atoms with Crippen molar-refractivity contribution >= 4 is 35.0 Å². The zero-order valence-corrected chi connectivity index (χ0v) is 17.7. The molecule has 1 aromatic heterocycles. The Hall–Kier alpha value is -2.87. The molecule has 1 aliphatic rings. The van der Waals surface area contributed by atoms with Crippen molar-refractivity contribution in [3.05, 3.63) is 41.3 Å². The van der Waals surface area contributed by atoms with Crippen LogP contribution in [-0.2, 0) is 9.53 Å². The van der Waals surface area contributed by atoms with E-state index in [1.807, 2.05) is 30.3 Å². The van der Waals surface area contributed by atoms with Gasteiger partial charge in [-0.3, -0.25) is 9.69 Å². The number of hydrogen-bond donors (Lipinski definition) is 1. The lowest BCUT2D eigenvalue weighted by atomic mass is 10.1. The number of carboxylic acids is 1. The molecular weight excluding hydrogens is 392 g/mol. The van der Waals surface area contributed by atoms with Gasteiger partial charge in [-0.2, -0.15) is 0 Å². The maximum absolute atomic E-state index is 12.9. The largest absolute Gasteiger partial charge is 0.477 e. The molecule has 1 aromatic carbocycles. The Balaban J connectivity index is 1.89. The molecule has 154 valence electrons. The molecule has 7 nitrogen and oxygen atoms in total. The number of aromatic carboxylic acids is 1. The van der Waals surface area contributed by atoms with Crippen molar-refractivity contribution in [1.29, 1.82) is 0 Å². The number of hydrogen-bond acceptors (Lipinski definition) is 5. The van der Waals surface area contributed by atoms with E-state index in [1.54, 1.807) is 33.8 Å². The van der Waals surface area contributed by atoms with Gasteiger partial charge in [-0.1, -0.05) is 30.3 Å². The van der Waals surface area contributed by atoms with Crippen molar-refractivity contribution in [3.63, 3.8) is 0 Å². The van der Waals surface area contributed by atoms with Crippen LogP contribution in [0.3, 0.4) is 0 Å². The SMILES string of the molecule is C[C@@H]1CN(C(=O)OC(C)(C)C)CC(=O)N1c1cc(-c2ccccc2)sc1C(=O)O. The van der Waals surface area contributed by atoms with Gasteiger partial charge in [-0.05, 0) is 39.3 Å². The molecule has 2 amide bonds. The average molecular weight is 416 g/mol. The van der Waals surface area contributed by atoms with Gasteiger partial charge in [0.2, 0.25) is 5.91 Å². The number of rotatable bonds is 3. The molecule has 1 fully saturated rings. The summed E-state index contributed by atoms with van der Waals surface area (Å²) < 4.78 is 5.36. The van der Waals surface area contributed by atoms with Crippen molar-refractivity contribution in [2.75, 3.05) is 18.0 Å². The minimum Gasteiger partial charge on any atom is -0.477 e. The predicted molar refractivity (Wildman–Crippen MR) is 111 cm³/mol. The first kappa shape index (κ1) is 20.9. The molecule has 1 N–H and O–H groups in total. The first-order valence-electron chi connectivity index (χ1n) is 9.29. The topological polar surface area (TPSA) is 87.2 Å². The third-order valence-corrected chi connectivity index (χ3v) is 5.56. The Labute approximate surface area is 173 Å². The van der Waals surface area contributed by atoms with Gasteiger partial charge in [-0.15, -0.1) is 11.3 Å². The third-order valence-electron chi connectivity index (χ3n) is 4.40. The molecule has 3 rings (SSSR count). The van der Waals surface area contributed by atoms with Crippen LogP contribution in [0.4, 0.5) is 10.5 Å². The lowest BCUT2D eigenvalue weighted by Crippen LogP contribution is -2.57. The zero-order chi connectivity index (χ0) is 21.3. The highest BCUT2D eigenvalue weighted by Crippen LogP contribution is 2.38. The van der Waals surface area contributed by atoms with Gasteiger partial charge in [0.15, 0.2) is 0 Å². The molecule has 0 bridgehead atoms. The fourth-order valence-corrected chi connectivity index (χ4v) is 4.24. The summed E-state index contributed by atoms with van der Waals surface area (Å²) in [6.07, 6.45) is -0.550. The van der Waals surface area contributed by atoms with Crippen molar-refractivity contribution in [1.82, 2.24) is 4.90 Å². The van der Waals surface area contributed by atoms with Crippen LogP contribution in [0, 0.1) is 0 Å². The summed E-state index contributed by atoms with van der Waals surface area (Å²) in [6, 6.07) is 10.8. The Morgan fingerprint density at radius 1 is 1.21 bits per heavy atom. The summed E-state index contributed by atoms with van der Waals surface area (Å²) in [5.74, 6) is -1.42. The molecular formula is C21H24N2O5S. The minimum absolute atomic E-state index is 0.106. The fourth-order valence-electron chi connectivity index (χ4n) is 3.25. The number of thiophene rings is 1. The van der Waals surface area contributed by atoms with Crippen LogP contribution in [0.2, 0.25) is 0 Å². The van der Waals surface area contributed by atoms with Crippen LogP contribution < -0.4 is 4.90 Å². The molecule has 0 saturated carbocycles. The normalized spacial score (nSPS) is 17.4. The molecule has 1 aliphatic heterocycles. The molecule has 0 radical (unpaired) electrons. The molecule has 0 aliphatic carbocycles.